The molecular weight excluding hydrogens is 138 g/mol. The van der Waals surface area contributed by atoms with E-state index in [4.69, 9.17) is 0 Å². The van der Waals surface area contributed by atoms with E-state index in [1.54, 1.807) is 12.4 Å². The predicted octanol–water partition coefficient (Wildman–Crippen LogP) is 1.65. The van der Waals surface area contributed by atoms with Crippen LogP contribution in [-0.4, -0.2) is 11.7 Å². The molecule has 1 heterocycles. The molecule has 11 heavy (non-hydrogen) atoms. The van der Waals surface area contributed by atoms with E-state index in [1.807, 2.05) is 18.2 Å². The highest BCUT2D eigenvalue weighted by Gasteiger charge is 1.96. The normalized spacial score (nSPS) is 8.73. The van der Waals surface area contributed by atoms with Gasteiger partial charge in [0, 0.05) is 19.1 Å². The topological polar surface area (TPSA) is 28.5 Å². The zero-order valence-corrected chi connectivity index (χ0v) is 6.14. The van der Waals surface area contributed by atoms with Crippen molar-refractivity contribution in [3.8, 4) is 0 Å². The van der Waals surface area contributed by atoms with E-state index in [-0.39, 0.29) is 0 Å². The molecule has 0 unspecified atom stereocenters. The van der Waals surface area contributed by atoms with E-state index in [0.717, 1.165) is 5.82 Å². The molecule has 0 fully saturated rings. The number of nitrogens with zero attached hydrogens (tertiary/aromatic N) is 3. The molecule has 0 spiro atoms. The summed E-state index contributed by atoms with van der Waals surface area (Å²) in [6.07, 6.45) is 3.24. The number of hydrogen-bond donors (Lipinski definition) is 0. The van der Waals surface area contributed by atoms with E-state index < -0.39 is 0 Å². The Kier molecular flexibility index (Phi) is 2.38. The highest BCUT2D eigenvalue weighted by atomic mass is 15.5. The summed E-state index contributed by atoms with van der Waals surface area (Å²) in [6.45, 7) is 6.93. The maximum Gasteiger partial charge on any atom is 0.153 e. The third kappa shape index (κ3) is 1.64. The maximum absolute atomic E-state index is 4.04. The van der Waals surface area contributed by atoms with Crippen molar-refractivity contribution in [3.63, 3.8) is 0 Å². The molecule has 3 heteroatoms. The number of rotatable bonds is 3. The Bertz CT molecular complexity index is 235. The molecular formula is C8H9N3. The molecule has 0 aliphatic rings. The smallest absolute Gasteiger partial charge is 0.153 e. The zero-order valence-electron chi connectivity index (χ0n) is 6.14. The van der Waals surface area contributed by atoms with Crippen LogP contribution in [0.2, 0.25) is 0 Å². The molecule has 0 radical (unpaired) electrons. The Morgan fingerprint density at radius 2 is 2.36 bits per heavy atom. The lowest BCUT2D eigenvalue weighted by molar-refractivity contribution is 1.04. The molecule has 1 rings (SSSR count). The summed E-state index contributed by atoms with van der Waals surface area (Å²) in [5.41, 5.74) is 0. The van der Waals surface area contributed by atoms with Crippen LogP contribution in [0.5, 0.6) is 0 Å². The molecule has 0 aliphatic carbocycles. The van der Waals surface area contributed by atoms with Crippen LogP contribution in [0.1, 0.15) is 0 Å². The summed E-state index contributed by atoms with van der Waals surface area (Å²) in [5, 5.41) is 5.18. The maximum atomic E-state index is 4.04. The number of aromatic nitrogens is 1. The van der Waals surface area contributed by atoms with Gasteiger partial charge in [-0.1, -0.05) is 12.6 Å². The first-order valence-corrected chi connectivity index (χ1v) is 3.18. The van der Waals surface area contributed by atoms with Crippen molar-refractivity contribution < 1.29 is 0 Å². The fraction of sp³-hybridized carbons (Fsp3) is 0. The Balaban J connectivity index is 2.90. The number of hydrazone groups is 1. The van der Waals surface area contributed by atoms with Crippen molar-refractivity contribution in [2.24, 2.45) is 5.10 Å². The average Bonchev–Trinajstić information content (AvgIpc) is 2.09. The van der Waals surface area contributed by atoms with Gasteiger partial charge in [-0.15, -0.1) is 0 Å². The largest absolute Gasteiger partial charge is 0.237 e. The van der Waals surface area contributed by atoms with Gasteiger partial charge in [0.2, 0.25) is 0 Å². The number of pyridine rings is 1. The lowest BCUT2D eigenvalue weighted by Crippen LogP contribution is -2.06. The molecule has 0 N–H and O–H groups in total. The molecule has 0 atom stereocenters. The van der Waals surface area contributed by atoms with Gasteiger partial charge in [0.05, 0.1) is 0 Å². The second-order valence-corrected chi connectivity index (χ2v) is 1.86. The monoisotopic (exact) mass is 147 g/mol. The standard InChI is InChI=1S/C8H9N3/c1-3-11(9-2)8-6-4-5-7-10-8/h3-7H,1-2H2. The molecule has 56 valence electrons. The minimum Gasteiger partial charge on any atom is -0.237 e. The highest BCUT2D eigenvalue weighted by Crippen LogP contribution is 2.08. The van der Waals surface area contributed by atoms with Gasteiger partial charge in [-0.2, -0.15) is 5.10 Å². The van der Waals surface area contributed by atoms with Gasteiger partial charge in [0.1, 0.15) is 0 Å². The van der Waals surface area contributed by atoms with Crippen LogP contribution < -0.4 is 5.01 Å². The predicted molar refractivity (Wildman–Crippen MR) is 46.5 cm³/mol. The van der Waals surface area contributed by atoms with Crippen molar-refractivity contribution >= 4 is 12.5 Å². The molecule has 1 aromatic rings. The van der Waals surface area contributed by atoms with E-state index in [0.29, 0.717) is 0 Å². The van der Waals surface area contributed by atoms with Crippen molar-refractivity contribution in [1.29, 1.82) is 0 Å². The third-order valence-electron chi connectivity index (χ3n) is 1.21. The SMILES string of the molecule is C=CN(N=C)c1ccccn1. The zero-order chi connectivity index (χ0) is 8.10. The van der Waals surface area contributed by atoms with Gasteiger partial charge in [-0.05, 0) is 12.1 Å². The second-order valence-electron chi connectivity index (χ2n) is 1.86. The van der Waals surface area contributed by atoms with Gasteiger partial charge in [0.25, 0.3) is 0 Å². The highest BCUT2D eigenvalue weighted by molar-refractivity contribution is 5.43. The van der Waals surface area contributed by atoms with Gasteiger partial charge < -0.3 is 0 Å². The van der Waals surface area contributed by atoms with Crippen LogP contribution >= 0.6 is 0 Å². The summed E-state index contributed by atoms with van der Waals surface area (Å²) in [6, 6.07) is 5.55. The molecule has 0 bridgehead atoms. The molecule has 0 saturated heterocycles. The van der Waals surface area contributed by atoms with Crippen LogP contribution in [0.4, 0.5) is 5.82 Å². The van der Waals surface area contributed by atoms with Crippen molar-refractivity contribution in [1.82, 2.24) is 4.98 Å². The minimum absolute atomic E-state index is 0.720. The van der Waals surface area contributed by atoms with E-state index >= 15 is 0 Å². The summed E-state index contributed by atoms with van der Waals surface area (Å²) < 4.78 is 0. The lowest BCUT2D eigenvalue weighted by Gasteiger charge is -2.09. The van der Waals surface area contributed by atoms with E-state index in [1.165, 1.54) is 5.01 Å². The van der Waals surface area contributed by atoms with Crippen LogP contribution in [0.25, 0.3) is 0 Å². The van der Waals surface area contributed by atoms with Gasteiger partial charge in [0.15, 0.2) is 5.82 Å². The van der Waals surface area contributed by atoms with E-state index in [2.05, 4.69) is 23.4 Å². The van der Waals surface area contributed by atoms with Crippen LogP contribution in [0.3, 0.4) is 0 Å². The summed E-state index contributed by atoms with van der Waals surface area (Å²) in [4.78, 5) is 4.04. The minimum atomic E-state index is 0.720. The van der Waals surface area contributed by atoms with E-state index in [9.17, 15) is 0 Å². The van der Waals surface area contributed by atoms with Crippen LogP contribution in [0.15, 0.2) is 42.3 Å². The second kappa shape index (κ2) is 3.51. The Morgan fingerprint density at radius 3 is 2.82 bits per heavy atom. The van der Waals surface area contributed by atoms with Gasteiger partial charge in [-0.25, -0.2) is 9.99 Å². The number of anilines is 1. The molecule has 0 aromatic carbocycles. The van der Waals surface area contributed by atoms with Crippen LogP contribution in [0, 0.1) is 0 Å². The van der Waals surface area contributed by atoms with Crippen molar-refractivity contribution in [2.75, 3.05) is 5.01 Å². The summed E-state index contributed by atoms with van der Waals surface area (Å²) in [7, 11) is 0. The first-order chi connectivity index (χ1) is 5.38. The molecule has 3 nitrogen and oxygen atoms in total. The van der Waals surface area contributed by atoms with Gasteiger partial charge >= 0.3 is 0 Å². The summed E-state index contributed by atoms with van der Waals surface area (Å²) in [5.74, 6) is 0.720. The third-order valence-corrected chi connectivity index (χ3v) is 1.21. The quantitative estimate of drug-likeness (QED) is 0.480. The Hall–Kier alpha value is -1.64. The van der Waals surface area contributed by atoms with Crippen LogP contribution in [-0.2, 0) is 0 Å². The Morgan fingerprint density at radius 1 is 1.55 bits per heavy atom. The molecule has 0 aliphatic heterocycles. The Labute approximate surface area is 65.7 Å². The van der Waals surface area contributed by atoms with Gasteiger partial charge in [-0.3, -0.25) is 0 Å². The first kappa shape index (κ1) is 7.47. The van der Waals surface area contributed by atoms with Crippen molar-refractivity contribution in [2.45, 2.75) is 0 Å². The number of hydrogen-bond acceptors (Lipinski definition) is 3. The molecule has 1 aromatic heterocycles. The summed E-state index contributed by atoms with van der Waals surface area (Å²) >= 11 is 0. The first-order valence-electron chi connectivity index (χ1n) is 3.18. The van der Waals surface area contributed by atoms with Crippen molar-refractivity contribution in [3.05, 3.63) is 37.2 Å². The lowest BCUT2D eigenvalue weighted by atomic mass is 10.4. The fourth-order valence-corrected chi connectivity index (χ4v) is 0.713. The average molecular weight is 147 g/mol. The fourth-order valence-electron chi connectivity index (χ4n) is 0.713. The molecule has 0 amide bonds. The molecule has 0 saturated carbocycles.